The summed E-state index contributed by atoms with van der Waals surface area (Å²) in [5, 5.41) is 1.27. The second-order valence-corrected chi connectivity index (χ2v) is 3.02. The quantitative estimate of drug-likeness (QED) is 0.500. The highest BCUT2D eigenvalue weighted by molar-refractivity contribution is 7.80. The lowest BCUT2D eigenvalue weighted by atomic mass is 10.2. The number of amides is 1. The third kappa shape index (κ3) is 2.67. The van der Waals surface area contributed by atoms with Gasteiger partial charge in [-0.2, -0.15) is 0 Å². The Morgan fingerprint density at radius 3 is 2.64 bits per heavy atom. The lowest BCUT2D eigenvalue weighted by Gasteiger charge is -2.17. The van der Waals surface area contributed by atoms with Crippen LogP contribution < -0.4 is 11.2 Å². The van der Waals surface area contributed by atoms with Crippen molar-refractivity contribution in [2.45, 2.75) is 0 Å². The van der Waals surface area contributed by atoms with Crippen LogP contribution in [-0.4, -0.2) is 28.1 Å². The van der Waals surface area contributed by atoms with E-state index >= 15 is 0 Å². The van der Waals surface area contributed by atoms with Crippen LogP contribution in [0.4, 0.5) is 0 Å². The topological polar surface area (TPSA) is 71.2 Å². The van der Waals surface area contributed by atoms with Gasteiger partial charge in [-0.15, -0.1) is 0 Å². The number of nitrogens with two attached hydrogens (primary N) is 1. The summed E-state index contributed by atoms with van der Waals surface area (Å²) in [4.78, 5) is 15.4. The van der Waals surface area contributed by atoms with Crippen LogP contribution in [0.1, 0.15) is 10.4 Å². The van der Waals surface area contributed by atoms with E-state index in [-0.39, 0.29) is 11.0 Å². The lowest BCUT2D eigenvalue weighted by Crippen LogP contribution is -2.45. The van der Waals surface area contributed by atoms with Gasteiger partial charge in [0.2, 0.25) is 0 Å². The number of thiocarbonyl (C=S) groups is 1. The molecule has 0 aliphatic heterocycles. The second kappa shape index (κ2) is 4.52. The molecule has 1 rings (SSSR count). The number of hydrogen-bond donors (Lipinski definition) is 2. The van der Waals surface area contributed by atoms with Crippen molar-refractivity contribution in [3.63, 3.8) is 0 Å². The van der Waals surface area contributed by atoms with E-state index in [9.17, 15) is 4.79 Å². The number of rotatable bonds is 1. The summed E-state index contributed by atoms with van der Waals surface area (Å²) in [5.41, 5.74) is 8.26. The number of pyridine rings is 1. The van der Waals surface area contributed by atoms with Gasteiger partial charge in [0.1, 0.15) is 0 Å². The van der Waals surface area contributed by atoms with Crippen LogP contribution in [-0.2, 0) is 0 Å². The molecule has 3 N–H and O–H groups in total. The highest BCUT2D eigenvalue weighted by Gasteiger charge is 2.10. The molecular formula is C8H10N4OS. The number of aromatic nitrogens is 1. The molecule has 0 fully saturated rings. The van der Waals surface area contributed by atoms with E-state index in [4.69, 9.17) is 5.73 Å². The van der Waals surface area contributed by atoms with Crippen LogP contribution >= 0.6 is 12.2 Å². The van der Waals surface area contributed by atoms with E-state index in [1.54, 1.807) is 31.6 Å². The summed E-state index contributed by atoms with van der Waals surface area (Å²) < 4.78 is 0. The number of carbonyl (C=O) groups is 1. The van der Waals surface area contributed by atoms with Gasteiger partial charge < -0.3 is 5.73 Å². The molecule has 14 heavy (non-hydrogen) atoms. The zero-order chi connectivity index (χ0) is 10.6. The average molecular weight is 210 g/mol. The van der Waals surface area contributed by atoms with Crippen molar-refractivity contribution < 1.29 is 4.79 Å². The van der Waals surface area contributed by atoms with Gasteiger partial charge in [-0.05, 0) is 24.4 Å². The van der Waals surface area contributed by atoms with Crippen LogP contribution in [0.15, 0.2) is 24.5 Å². The van der Waals surface area contributed by atoms with Gasteiger partial charge in [0.05, 0.1) is 0 Å². The molecule has 1 heterocycles. The van der Waals surface area contributed by atoms with E-state index in [1.807, 2.05) is 0 Å². The minimum Gasteiger partial charge on any atom is -0.375 e. The maximum atomic E-state index is 11.6. The third-order valence-electron chi connectivity index (χ3n) is 1.51. The summed E-state index contributed by atoms with van der Waals surface area (Å²) >= 11 is 4.60. The van der Waals surface area contributed by atoms with Crippen molar-refractivity contribution in [3.05, 3.63) is 30.1 Å². The standard InChI is InChI=1S/C8H10N4OS/c1-12(11-8(9)14)7(13)6-2-4-10-5-3-6/h2-5H,1H3,(H3,9,11,14). The van der Waals surface area contributed by atoms with Gasteiger partial charge in [-0.25, -0.2) is 0 Å². The van der Waals surface area contributed by atoms with E-state index in [2.05, 4.69) is 22.6 Å². The highest BCUT2D eigenvalue weighted by Crippen LogP contribution is 1.98. The largest absolute Gasteiger partial charge is 0.375 e. The Morgan fingerprint density at radius 1 is 1.57 bits per heavy atom. The lowest BCUT2D eigenvalue weighted by molar-refractivity contribution is 0.0759. The summed E-state index contributed by atoms with van der Waals surface area (Å²) in [6.45, 7) is 0. The Balaban J connectivity index is 2.71. The predicted molar refractivity (Wildman–Crippen MR) is 56.3 cm³/mol. The Labute approximate surface area is 86.9 Å². The number of hydrogen-bond acceptors (Lipinski definition) is 3. The van der Waals surface area contributed by atoms with Crippen LogP contribution in [0, 0.1) is 0 Å². The number of hydrazine groups is 1. The molecule has 1 aromatic heterocycles. The van der Waals surface area contributed by atoms with Crippen LogP contribution in [0.25, 0.3) is 0 Å². The van der Waals surface area contributed by atoms with Gasteiger partial charge in [0.25, 0.3) is 5.91 Å². The Hall–Kier alpha value is -1.69. The van der Waals surface area contributed by atoms with Crippen LogP contribution in [0.2, 0.25) is 0 Å². The van der Waals surface area contributed by atoms with Crippen molar-refractivity contribution in [2.24, 2.45) is 5.73 Å². The molecule has 1 aromatic rings. The molecular weight excluding hydrogens is 200 g/mol. The highest BCUT2D eigenvalue weighted by atomic mass is 32.1. The zero-order valence-electron chi connectivity index (χ0n) is 7.60. The molecule has 0 saturated carbocycles. The Morgan fingerprint density at radius 2 is 2.14 bits per heavy atom. The fraction of sp³-hybridized carbons (Fsp3) is 0.125. The number of carbonyl (C=O) groups excluding carboxylic acids is 1. The Bertz CT molecular complexity index is 340. The van der Waals surface area contributed by atoms with Gasteiger partial charge in [0.15, 0.2) is 5.11 Å². The normalized spacial score (nSPS) is 9.21. The van der Waals surface area contributed by atoms with Gasteiger partial charge in [0, 0.05) is 25.0 Å². The van der Waals surface area contributed by atoms with Gasteiger partial charge in [-0.1, -0.05) is 0 Å². The maximum Gasteiger partial charge on any atom is 0.272 e. The molecule has 0 spiro atoms. The first-order valence-electron chi connectivity index (χ1n) is 3.85. The molecule has 0 saturated heterocycles. The van der Waals surface area contributed by atoms with Gasteiger partial charge in [-0.3, -0.25) is 20.2 Å². The maximum absolute atomic E-state index is 11.6. The second-order valence-electron chi connectivity index (χ2n) is 2.58. The Kier molecular flexibility index (Phi) is 3.35. The zero-order valence-corrected chi connectivity index (χ0v) is 8.41. The molecule has 5 nitrogen and oxygen atoms in total. The summed E-state index contributed by atoms with van der Waals surface area (Å²) in [5.74, 6) is -0.222. The first-order valence-corrected chi connectivity index (χ1v) is 4.26. The van der Waals surface area contributed by atoms with E-state index < -0.39 is 0 Å². The molecule has 0 aromatic carbocycles. The fourth-order valence-corrected chi connectivity index (χ4v) is 1.04. The van der Waals surface area contributed by atoms with E-state index in [0.717, 1.165) is 0 Å². The van der Waals surface area contributed by atoms with Crippen molar-refractivity contribution >= 4 is 23.2 Å². The van der Waals surface area contributed by atoms with E-state index in [0.29, 0.717) is 5.56 Å². The van der Waals surface area contributed by atoms with Crippen molar-refractivity contribution in [1.82, 2.24) is 15.4 Å². The molecule has 0 aliphatic rings. The molecule has 1 amide bonds. The predicted octanol–water partition coefficient (Wildman–Crippen LogP) is -0.0982. The summed E-state index contributed by atoms with van der Waals surface area (Å²) in [6.07, 6.45) is 3.09. The molecule has 0 aliphatic carbocycles. The summed E-state index contributed by atoms with van der Waals surface area (Å²) in [7, 11) is 1.54. The SMILES string of the molecule is CN(NC(N)=S)C(=O)c1ccncc1. The van der Waals surface area contributed by atoms with Crippen molar-refractivity contribution in [1.29, 1.82) is 0 Å². The summed E-state index contributed by atoms with van der Waals surface area (Å²) in [6, 6.07) is 3.22. The molecule has 0 bridgehead atoms. The molecule has 0 atom stereocenters. The van der Waals surface area contributed by atoms with Crippen LogP contribution in [0.5, 0.6) is 0 Å². The fourth-order valence-electron chi connectivity index (χ4n) is 0.904. The number of nitrogens with zero attached hydrogens (tertiary/aromatic N) is 2. The smallest absolute Gasteiger partial charge is 0.272 e. The van der Waals surface area contributed by atoms with Crippen molar-refractivity contribution in [2.75, 3.05) is 7.05 Å². The first kappa shape index (κ1) is 10.4. The number of nitrogens with one attached hydrogen (secondary N) is 1. The molecule has 0 radical (unpaired) electrons. The molecule has 74 valence electrons. The average Bonchev–Trinajstić information content (AvgIpc) is 2.17. The van der Waals surface area contributed by atoms with Crippen LogP contribution in [0.3, 0.4) is 0 Å². The van der Waals surface area contributed by atoms with E-state index in [1.165, 1.54) is 5.01 Å². The minimum absolute atomic E-state index is 0.0508. The molecule has 6 heteroatoms. The van der Waals surface area contributed by atoms with Gasteiger partial charge >= 0.3 is 0 Å². The minimum atomic E-state index is -0.222. The third-order valence-corrected chi connectivity index (χ3v) is 1.60. The van der Waals surface area contributed by atoms with Crippen molar-refractivity contribution in [3.8, 4) is 0 Å². The first-order chi connectivity index (χ1) is 6.61. The monoisotopic (exact) mass is 210 g/mol. The molecule has 0 unspecified atom stereocenters.